The Morgan fingerprint density at radius 1 is 1.32 bits per heavy atom. The number of carbonyl (C=O) groups is 2. The number of ether oxygens (including phenoxy) is 1. The van der Waals surface area contributed by atoms with Gasteiger partial charge in [-0.15, -0.1) is 0 Å². The summed E-state index contributed by atoms with van der Waals surface area (Å²) in [5, 5.41) is 2.82. The first kappa shape index (κ1) is 16.1. The third-order valence-electron chi connectivity index (χ3n) is 2.60. The molecule has 0 saturated heterocycles. The molecule has 0 saturated carbocycles. The molecule has 0 aromatic heterocycles. The van der Waals surface area contributed by atoms with E-state index >= 15 is 0 Å². The molecule has 1 N–H and O–H groups in total. The first-order valence-electron chi connectivity index (χ1n) is 6.13. The topological polar surface area (TPSA) is 64.6 Å². The quantitative estimate of drug-likeness (QED) is 0.637. The fraction of sp³-hybridized carbons (Fsp3) is 0.385. The van der Waals surface area contributed by atoms with Crippen molar-refractivity contribution in [3.05, 3.63) is 35.9 Å². The van der Waals surface area contributed by atoms with Crippen LogP contribution in [0, 0.1) is 0 Å². The van der Waals surface area contributed by atoms with Crippen LogP contribution in [0.25, 0.3) is 0 Å². The van der Waals surface area contributed by atoms with Crippen LogP contribution in [0.3, 0.4) is 0 Å². The van der Waals surface area contributed by atoms with Gasteiger partial charge in [-0.2, -0.15) is 0 Å². The zero-order valence-electron chi connectivity index (χ0n) is 11.2. The Morgan fingerprint density at radius 3 is 2.58 bits per heavy atom. The summed E-state index contributed by atoms with van der Waals surface area (Å²) in [6.45, 7) is 1.85. The molecule has 0 fully saturated rings. The Morgan fingerprint density at radius 2 is 2.00 bits per heavy atom. The summed E-state index contributed by atoms with van der Waals surface area (Å²) < 4.78 is 11.1. The van der Waals surface area contributed by atoms with Crippen molar-refractivity contribution in [1.82, 2.24) is 5.32 Å². The monoisotopic (exact) mass is 453 g/mol. The van der Waals surface area contributed by atoms with Gasteiger partial charge in [0.1, 0.15) is 0 Å². The van der Waals surface area contributed by atoms with Gasteiger partial charge >= 0.3 is 126 Å². The summed E-state index contributed by atoms with van der Waals surface area (Å²) in [7, 11) is 1.60. The summed E-state index contributed by atoms with van der Waals surface area (Å²) in [6.07, 6.45) is -0.0753. The predicted octanol–water partition coefficient (Wildman–Crippen LogP) is 1.41. The number of rotatable bonds is 7. The van der Waals surface area contributed by atoms with Crippen LogP contribution in [-0.4, -0.2) is 31.6 Å². The Labute approximate surface area is 125 Å². The minimum absolute atomic E-state index is 0.0753. The van der Waals surface area contributed by atoms with E-state index in [1.807, 2.05) is 18.2 Å². The molecule has 1 amide bonds. The number of nitrogens with one attached hydrogen (secondary N) is 1. The van der Waals surface area contributed by atoms with Gasteiger partial charge in [-0.25, -0.2) is 0 Å². The molecule has 1 aromatic carbocycles. The molecule has 0 aliphatic rings. The van der Waals surface area contributed by atoms with Gasteiger partial charge in [0.2, 0.25) is 0 Å². The molecule has 0 spiro atoms. The van der Waals surface area contributed by atoms with E-state index in [1.165, 1.54) is 6.92 Å². The van der Waals surface area contributed by atoms with E-state index < -0.39 is 25.0 Å². The summed E-state index contributed by atoms with van der Waals surface area (Å²) in [5.74, 6) is -0.336. The number of amides is 1. The Bertz CT molecular complexity index is 410. The van der Waals surface area contributed by atoms with Crippen molar-refractivity contribution in [2.24, 2.45) is 0 Å². The number of hydrogen-bond acceptors (Lipinski definition) is 4. The third-order valence-corrected chi connectivity index (χ3v) is 8.40. The van der Waals surface area contributed by atoms with Crippen LogP contribution >= 0.6 is 0 Å². The molecule has 1 unspecified atom stereocenters. The van der Waals surface area contributed by atoms with Crippen LogP contribution in [0.15, 0.2) is 30.3 Å². The van der Waals surface area contributed by atoms with Crippen molar-refractivity contribution in [2.45, 2.75) is 17.0 Å². The van der Waals surface area contributed by atoms with Crippen LogP contribution in [0.1, 0.15) is 17.3 Å². The molecule has 5 nitrogen and oxygen atoms in total. The second kappa shape index (κ2) is 9.04. The third kappa shape index (κ3) is 6.68. The first-order chi connectivity index (χ1) is 9.13. The molecule has 0 heterocycles. The maximum atomic E-state index is 11.8. The van der Waals surface area contributed by atoms with Crippen LogP contribution in [0.4, 0.5) is 0 Å². The molecule has 100 valence electrons. The van der Waals surface area contributed by atoms with Crippen molar-refractivity contribution < 1.29 is 42.0 Å². The van der Waals surface area contributed by atoms with Gasteiger partial charge in [-0.1, -0.05) is 0 Å². The predicted molar refractivity (Wildman–Crippen MR) is 66.1 cm³/mol. The average molecular weight is 452 g/mol. The molecule has 0 aliphatic carbocycles. The van der Waals surface area contributed by atoms with Gasteiger partial charge in [0.05, 0.1) is 0 Å². The van der Waals surface area contributed by atoms with Gasteiger partial charge in [0.15, 0.2) is 0 Å². The van der Waals surface area contributed by atoms with E-state index in [9.17, 15) is 9.59 Å². The number of carbonyl (C=O) groups excluding carboxylic acids is 2. The van der Waals surface area contributed by atoms with E-state index in [0.29, 0.717) is 12.1 Å². The SMILES string of the molecule is COC(CNC(=O)c1ccccc1)[CH2][Hg][O]C(C)=O. The molecule has 1 aromatic rings. The van der Waals surface area contributed by atoms with Crippen molar-refractivity contribution in [3.63, 3.8) is 0 Å². The molecule has 0 radical (unpaired) electrons. The minimum atomic E-state index is -1.66. The first-order valence-corrected chi connectivity index (χ1v) is 12.3. The summed E-state index contributed by atoms with van der Waals surface area (Å²) in [5.41, 5.74) is 0.627. The molecule has 0 aliphatic heterocycles. The second-order valence-electron chi connectivity index (χ2n) is 4.06. The zero-order chi connectivity index (χ0) is 14.1. The fourth-order valence-corrected chi connectivity index (χ4v) is 5.84. The van der Waals surface area contributed by atoms with E-state index in [4.69, 9.17) is 7.38 Å². The van der Waals surface area contributed by atoms with E-state index in [0.717, 1.165) is 3.93 Å². The van der Waals surface area contributed by atoms with Crippen LogP contribution in [-0.2, 0) is 37.2 Å². The van der Waals surface area contributed by atoms with E-state index in [2.05, 4.69) is 5.32 Å². The van der Waals surface area contributed by atoms with Gasteiger partial charge in [-0.3, -0.25) is 0 Å². The molecule has 0 bridgehead atoms. The average Bonchev–Trinajstić information content (AvgIpc) is 2.42. The molecule has 6 heteroatoms. The van der Waals surface area contributed by atoms with Crippen LogP contribution in [0.5, 0.6) is 0 Å². The van der Waals surface area contributed by atoms with E-state index in [1.54, 1.807) is 19.2 Å². The molecule has 19 heavy (non-hydrogen) atoms. The second-order valence-corrected chi connectivity index (χ2v) is 9.02. The molecule has 1 atom stereocenters. The zero-order valence-corrected chi connectivity index (χ0v) is 16.7. The van der Waals surface area contributed by atoms with Crippen LogP contribution in [0.2, 0.25) is 3.93 Å². The molecule has 1 rings (SSSR count). The maximum absolute atomic E-state index is 11.8. The number of hydrogen-bond donors (Lipinski definition) is 1. The standard InChI is InChI=1S/C11H14NO2.C2H4O2.Hg/c1-9(14-2)8-12-11(13)10-6-4-3-5-7-10;1-2(3)4;/h3-7,9H,1,8H2,2H3,(H,12,13);1H3,(H,3,4);/q;;+1/p-1. The van der Waals surface area contributed by atoms with Crippen LogP contribution < -0.4 is 5.32 Å². The van der Waals surface area contributed by atoms with Gasteiger partial charge < -0.3 is 0 Å². The summed E-state index contributed by atoms with van der Waals surface area (Å²) in [4.78, 5) is 22.5. The van der Waals surface area contributed by atoms with Crippen molar-refractivity contribution in [3.8, 4) is 0 Å². The fourth-order valence-electron chi connectivity index (χ4n) is 1.54. The normalized spacial score (nSPS) is 11.3. The summed E-state index contributed by atoms with van der Waals surface area (Å²) in [6, 6.07) is 9.02. The number of benzene rings is 1. The number of methoxy groups -OCH3 is 1. The van der Waals surface area contributed by atoms with E-state index in [-0.39, 0.29) is 18.0 Å². The van der Waals surface area contributed by atoms with Crippen molar-refractivity contribution in [1.29, 1.82) is 0 Å². The Hall–Kier alpha value is -0.945. The van der Waals surface area contributed by atoms with Gasteiger partial charge in [0, 0.05) is 0 Å². The Kier molecular flexibility index (Phi) is 7.66. The van der Waals surface area contributed by atoms with Crippen molar-refractivity contribution in [2.75, 3.05) is 13.7 Å². The van der Waals surface area contributed by atoms with Gasteiger partial charge in [0.25, 0.3) is 0 Å². The summed E-state index contributed by atoms with van der Waals surface area (Å²) >= 11 is -1.66. The molecular weight excluding hydrogens is 435 g/mol. The Balaban J connectivity index is 2.32. The van der Waals surface area contributed by atoms with Crippen molar-refractivity contribution >= 4 is 11.9 Å². The molecular formula is C13H17HgNO4. The van der Waals surface area contributed by atoms with Gasteiger partial charge in [-0.05, 0) is 0 Å².